The standard InChI is InChI=1S/C18H33ClN2O5S.ClH.H2O/c1-5-6-10-7-11(21(3)8-10)17(25)20-12(9(2)19)16-14(23)13(22)15(24)18(26-16)27-4;;/h9-16,18,22-24H,5-8H2,1-4H3,(H,20,25);1H;1H2/t9?,10-,11+,12-,13+,14-,15-,16-,18-;;/m1../s1. The van der Waals surface area contributed by atoms with Gasteiger partial charge in [0.1, 0.15) is 29.9 Å². The molecule has 8 nitrogen and oxygen atoms in total. The third-order valence-corrected chi connectivity index (χ3v) is 6.76. The summed E-state index contributed by atoms with van der Waals surface area (Å²) in [6.45, 7) is 4.74. The van der Waals surface area contributed by atoms with Gasteiger partial charge < -0.3 is 30.8 Å². The molecule has 6 N–H and O–H groups in total. The molecule has 0 aliphatic carbocycles. The Balaban J connectivity index is 0.00000392. The molecule has 2 aliphatic heterocycles. The van der Waals surface area contributed by atoms with Gasteiger partial charge in [-0.2, -0.15) is 0 Å². The Bertz CT molecular complexity index is 505. The van der Waals surface area contributed by atoms with E-state index in [1.807, 2.05) is 11.9 Å². The third-order valence-electron chi connectivity index (χ3n) is 5.63. The minimum atomic E-state index is -1.36. The topological polar surface area (TPSA) is 134 Å². The molecular weight excluding hydrogens is 443 g/mol. The van der Waals surface area contributed by atoms with Crippen molar-refractivity contribution in [1.29, 1.82) is 0 Å². The number of alkyl halides is 1. The molecule has 1 amide bonds. The van der Waals surface area contributed by atoms with Gasteiger partial charge in [-0.3, -0.25) is 9.69 Å². The number of aliphatic hydroxyl groups is 3. The van der Waals surface area contributed by atoms with Crippen LogP contribution in [-0.4, -0.2) is 98.8 Å². The van der Waals surface area contributed by atoms with Crippen LogP contribution in [0.25, 0.3) is 0 Å². The van der Waals surface area contributed by atoms with E-state index in [9.17, 15) is 20.1 Å². The van der Waals surface area contributed by atoms with Crippen molar-refractivity contribution in [3.8, 4) is 0 Å². The quantitative estimate of drug-likeness (QED) is 0.378. The highest BCUT2D eigenvalue weighted by Crippen LogP contribution is 2.31. The summed E-state index contributed by atoms with van der Waals surface area (Å²) in [6, 6.07) is -0.934. The Kier molecular flexibility index (Phi) is 13.0. The molecular formula is C18H36Cl2N2O6S. The first kappa shape index (κ1) is 29.2. The number of likely N-dealkylation sites (tertiary alicyclic amines) is 1. The Morgan fingerprint density at radius 1 is 1.31 bits per heavy atom. The molecule has 0 saturated carbocycles. The zero-order chi connectivity index (χ0) is 20.3. The number of ether oxygens (including phenoxy) is 1. The molecule has 0 radical (unpaired) electrons. The summed E-state index contributed by atoms with van der Waals surface area (Å²) in [7, 11) is 1.94. The lowest BCUT2D eigenvalue weighted by atomic mass is 9.92. The molecule has 2 saturated heterocycles. The predicted octanol–water partition coefficient (Wildman–Crippen LogP) is -0.0134. The van der Waals surface area contributed by atoms with Crippen LogP contribution in [0, 0.1) is 5.92 Å². The molecule has 29 heavy (non-hydrogen) atoms. The summed E-state index contributed by atoms with van der Waals surface area (Å²) in [4.78, 5) is 14.9. The van der Waals surface area contributed by atoms with Gasteiger partial charge in [-0.1, -0.05) is 13.3 Å². The SMILES string of the molecule is CCC[C@@H]1C[C@@H](C(=O)N[C@H](C(C)Cl)[C@H]2O[C@H](SC)[C@H](O)[C@@H](O)[C@H]2O)N(C)C1.Cl.O. The lowest BCUT2D eigenvalue weighted by Gasteiger charge is -2.44. The largest absolute Gasteiger partial charge is 0.412 e. The van der Waals surface area contributed by atoms with Crippen molar-refractivity contribution in [1.82, 2.24) is 10.2 Å². The number of nitrogens with one attached hydrogen (secondary N) is 1. The number of hydrogen-bond donors (Lipinski definition) is 4. The second-order valence-electron chi connectivity index (χ2n) is 7.73. The smallest absolute Gasteiger partial charge is 0.237 e. The summed E-state index contributed by atoms with van der Waals surface area (Å²) in [5.41, 5.74) is -0.702. The summed E-state index contributed by atoms with van der Waals surface area (Å²) in [5, 5.41) is 33.0. The van der Waals surface area contributed by atoms with Gasteiger partial charge >= 0.3 is 0 Å². The number of aliphatic hydroxyl groups excluding tert-OH is 3. The molecule has 2 heterocycles. The van der Waals surface area contributed by atoms with Gasteiger partial charge in [0, 0.05) is 6.54 Å². The molecule has 0 spiro atoms. The van der Waals surface area contributed by atoms with Crippen LogP contribution in [0.4, 0.5) is 0 Å². The first-order valence-corrected chi connectivity index (χ1v) is 11.3. The normalized spacial score (nSPS) is 37.2. The van der Waals surface area contributed by atoms with Crippen LogP contribution in [0.15, 0.2) is 0 Å². The maximum atomic E-state index is 12.9. The summed E-state index contributed by atoms with van der Waals surface area (Å²) in [6.07, 6.45) is -0.0980. The van der Waals surface area contributed by atoms with E-state index in [1.54, 1.807) is 13.2 Å². The number of amides is 1. The zero-order valence-corrected chi connectivity index (χ0v) is 19.7. The van der Waals surface area contributed by atoms with E-state index in [2.05, 4.69) is 12.2 Å². The van der Waals surface area contributed by atoms with Crippen molar-refractivity contribution in [2.24, 2.45) is 5.92 Å². The number of rotatable bonds is 7. The van der Waals surface area contributed by atoms with E-state index in [1.165, 1.54) is 11.8 Å². The number of nitrogens with zero attached hydrogens (tertiary/aromatic N) is 1. The molecule has 9 atom stereocenters. The van der Waals surface area contributed by atoms with Crippen LogP contribution in [0.5, 0.6) is 0 Å². The van der Waals surface area contributed by atoms with Crippen LogP contribution < -0.4 is 5.32 Å². The Hall–Kier alpha value is 0.160. The van der Waals surface area contributed by atoms with E-state index in [0.29, 0.717) is 5.92 Å². The minimum Gasteiger partial charge on any atom is -0.412 e. The van der Waals surface area contributed by atoms with Crippen molar-refractivity contribution in [2.45, 2.75) is 80.4 Å². The number of hydrogen-bond acceptors (Lipinski definition) is 7. The first-order valence-electron chi connectivity index (χ1n) is 9.58. The summed E-state index contributed by atoms with van der Waals surface area (Å²) in [5.74, 6) is 0.350. The average molecular weight is 479 g/mol. The van der Waals surface area contributed by atoms with Crippen LogP contribution in [0.2, 0.25) is 0 Å². The molecule has 0 aromatic heterocycles. The third kappa shape index (κ3) is 6.82. The van der Waals surface area contributed by atoms with Crippen molar-refractivity contribution in [3.63, 3.8) is 0 Å². The van der Waals surface area contributed by atoms with E-state index in [-0.39, 0.29) is 29.8 Å². The maximum absolute atomic E-state index is 12.9. The van der Waals surface area contributed by atoms with E-state index >= 15 is 0 Å². The highest BCUT2D eigenvalue weighted by atomic mass is 35.5. The molecule has 0 bridgehead atoms. The van der Waals surface area contributed by atoms with Gasteiger partial charge in [-0.05, 0) is 39.0 Å². The predicted molar refractivity (Wildman–Crippen MR) is 118 cm³/mol. The average Bonchev–Trinajstić information content (AvgIpc) is 2.99. The van der Waals surface area contributed by atoms with E-state index in [0.717, 1.165) is 25.8 Å². The maximum Gasteiger partial charge on any atom is 0.237 e. The van der Waals surface area contributed by atoms with Gasteiger partial charge in [-0.15, -0.1) is 35.8 Å². The molecule has 2 fully saturated rings. The fourth-order valence-electron chi connectivity index (χ4n) is 4.11. The number of likely N-dealkylation sites (N-methyl/N-ethyl adjacent to an activating group) is 1. The molecule has 2 aliphatic rings. The fourth-order valence-corrected chi connectivity index (χ4v) is 5.00. The second kappa shape index (κ2) is 12.9. The Morgan fingerprint density at radius 3 is 2.45 bits per heavy atom. The van der Waals surface area contributed by atoms with E-state index < -0.39 is 41.3 Å². The molecule has 0 aromatic carbocycles. The molecule has 2 rings (SSSR count). The lowest BCUT2D eigenvalue weighted by Crippen LogP contribution is -2.65. The second-order valence-corrected chi connectivity index (χ2v) is 9.36. The summed E-state index contributed by atoms with van der Waals surface area (Å²) >= 11 is 7.55. The van der Waals surface area contributed by atoms with Gasteiger partial charge in [0.25, 0.3) is 0 Å². The molecule has 1 unspecified atom stereocenters. The van der Waals surface area contributed by atoms with Crippen LogP contribution >= 0.6 is 35.8 Å². The lowest BCUT2D eigenvalue weighted by molar-refractivity contribution is -0.205. The van der Waals surface area contributed by atoms with Gasteiger partial charge in [0.05, 0.1) is 17.5 Å². The van der Waals surface area contributed by atoms with Crippen LogP contribution in [-0.2, 0) is 9.53 Å². The van der Waals surface area contributed by atoms with Crippen LogP contribution in [0.1, 0.15) is 33.1 Å². The molecule has 0 aromatic rings. The van der Waals surface area contributed by atoms with Gasteiger partial charge in [-0.25, -0.2) is 0 Å². The van der Waals surface area contributed by atoms with Gasteiger partial charge in [0.15, 0.2) is 0 Å². The first-order chi connectivity index (χ1) is 12.7. The van der Waals surface area contributed by atoms with E-state index in [4.69, 9.17) is 16.3 Å². The Labute approximate surface area is 188 Å². The van der Waals surface area contributed by atoms with Crippen molar-refractivity contribution in [2.75, 3.05) is 19.8 Å². The van der Waals surface area contributed by atoms with Crippen molar-refractivity contribution < 1.29 is 30.3 Å². The summed E-state index contributed by atoms with van der Waals surface area (Å²) < 4.78 is 5.79. The highest BCUT2D eigenvalue weighted by Gasteiger charge is 2.48. The van der Waals surface area contributed by atoms with Crippen molar-refractivity contribution >= 4 is 41.7 Å². The zero-order valence-electron chi connectivity index (χ0n) is 17.3. The fraction of sp³-hybridized carbons (Fsp3) is 0.944. The number of halogens is 2. The minimum absolute atomic E-state index is 0. The van der Waals surface area contributed by atoms with Crippen LogP contribution in [0.3, 0.4) is 0 Å². The highest BCUT2D eigenvalue weighted by molar-refractivity contribution is 7.99. The monoisotopic (exact) mass is 478 g/mol. The van der Waals surface area contributed by atoms with Gasteiger partial charge in [0.2, 0.25) is 5.91 Å². The molecule has 11 heteroatoms. The number of thioether (sulfide) groups is 1. The number of carbonyl (C=O) groups is 1. The number of carbonyl (C=O) groups excluding carboxylic acids is 1. The van der Waals surface area contributed by atoms with Crippen molar-refractivity contribution in [3.05, 3.63) is 0 Å². The molecule has 174 valence electrons. The Morgan fingerprint density at radius 2 is 1.93 bits per heavy atom.